The maximum atomic E-state index is 11.3. The highest BCUT2D eigenvalue weighted by Gasteiger charge is 2.19. The first-order valence-corrected chi connectivity index (χ1v) is 6.02. The smallest absolute Gasteiger partial charge is 0.407 e. The van der Waals surface area contributed by atoms with E-state index in [1.807, 2.05) is 0 Å². The molecular weight excluding hydrogens is 311 g/mol. The van der Waals surface area contributed by atoms with Gasteiger partial charge in [0.2, 0.25) is 0 Å². The summed E-state index contributed by atoms with van der Waals surface area (Å²) >= 11 is 2.30. The van der Waals surface area contributed by atoms with E-state index in [9.17, 15) is 4.79 Å². The van der Waals surface area contributed by atoms with Gasteiger partial charge in [0.15, 0.2) is 0 Å². The fraction of sp³-hybridized carbons (Fsp3) is 0.889. The van der Waals surface area contributed by atoms with Gasteiger partial charge in [0.25, 0.3) is 0 Å². The van der Waals surface area contributed by atoms with Gasteiger partial charge < -0.3 is 14.8 Å². The molecule has 1 amide bonds. The number of piperidine rings is 1. The van der Waals surface area contributed by atoms with Gasteiger partial charge in [-0.1, -0.05) is 0 Å². The zero-order valence-electron chi connectivity index (χ0n) is 8.87. The molecule has 1 rings (SSSR count). The van der Waals surface area contributed by atoms with E-state index in [1.54, 1.807) is 7.11 Å². The standard InChI is InChI=1S/C9H17IN2O3/c1-14-6-7-15-9(13)11-8-2-4-12(10)5-3-8/h8H,2-7H2,1H3,(H,11,13). The van der Waals surface area contributed by atoms with Crippen LogP contribution < -0.4 is 5.32 Å². The Morgan fingerprint density at radius 2 is 2.13 bits per heavy atom. The molecular formula is C9H17IN2O3. The Hall–Kier alpha value is -0.0800. The van der Waals surface area contributed by atoms with Gasteiger partial charge in [-0.05, 0) is 12.8 Å². The van der Waals surface area contributed by atoms with Crippen molar-refractivity contribution in [2.75, 3.05) is 33.4 Å². The fourth-order valence-corrected chi connectivity index (χ4v) is 1.98. The molecule has 0 aromatic heterocycles. The van der Waals surface area contributed by atoms with Gasteiger partial charge in [0.1, 0.15) is 6.61 Å². The Morgan fingerprint density at radius 1 is 1.47 bits per heavy atom. The van der Waals surface area contributed by atoms with Crippen molar-refractivity contribution in [3.05, 3.63) is 0 Å². The first-order valence-electron chi connectivity index (χ1n) is 5.05. The number of carbonyl (C=O) groups excluding carboxylic acids is 1. The lowest BCUT2D eigenvalue weighted by atomic mass is 10.1. The molecule has 0 aromatic carbocycles. The van der Waals surface area contributed by atoms with Crippen molar-refractivity contribution < 1.29 is 14.3 Å². The summed E-state index contributed by atoms with van der Waals surface area (Å²) in [6.07, 6.45) is 1.64. The van der Waals surface area contributed by atoms with Crippen LogP contribution in [0.25, 0.3) is 0 Å². The summed E-state index contributed by atoms with van der Waals surface area (Å²) in [7, 11) is 1.58. The molecule has 1 fully saturated rings. The van der Waals surface area contributed by atoms with Crippen molar-refractivity contribution >= 4 is 29.0 Å². The van der Waals surface area contributed by atoms with Crippen LogP contribution in [0.2, 0.25) is 0 Å². The molecule has 0 spiro atoms. The summed E-state index contributed by atoms with van der Waals surface area (Å²) < 4.78 is 11.9. The predicted octanol–water partition coefficient (Wildman–Crippen LogP) is 1.17. The first-order chi connectivity index (χ1) is 7.22. The van der Waals surface area contributed by atoms with E-state index in [0.29, 0.717) is 13.2 Å². The number of ether oxygens (including phenoxy) is 2. The third-order valence-electron chi connectivity index (χ3n) is 2.28. The summed E-state index contributed by atoms with van der Waals surface area (Å²) in [6, 6.07) is 0.256. The number of hydrogen-bond donors (Lipinski definition) is 1. The van der Waals surface area contributed by atoms with Crippen LogP contribution in [0.1, 0.15) is 12.8 Å². The van der Waals surface area contributed by atoms with Gasteiger partial charge in [-0.15, -0.1) is 0 Å². The van der Waals surface area contributed by atoms with Crippen LogP contribution in [-0.2, 0) is 9.47 Å². The highest BCUT2D eigenvalue weighted by atomic mass is 127. The molecule has 1 aliphatic heterocycles. The molecule has 88 valence electrons. The maximum Gasteiger partial charge on any atom is 0.407 e. The second-order valence-corrected chi connectivity index (χ2v) is 4.82. The van der Waals surface area contributed by atoms with Gasteiger partial charge in [0.05, 0.1) is 6.61 Å². The van der Waals surface area contributed by atoms with Crippen LogP contribution in [-0.4, -0.2) is 48.7 Å². The second-order valence-electron chi connectivity index (χ2n) is 3.46. The zero-order valence-corrected chi connectivity index (χ0v) is 11.0. The van der Waals surface area contributed by atoms with Crippen molar-refractivity contribution in [1.82, 2.24) is 8.43 Å². The summed E-state index contributed by atoms with van der Waals surface area (Å²) in [6.45, 7) is 2.79. The molecule has 1 aliphatic rings. The van der Waals surface area contributed by atoms with Crippen molar-refractivity contribution in [1.29, 1.82) is 0 Å². The van der Waals surface area contributed by atoms with E-state index in [2.05, 4.69) is 31.3 Å². The van der Waals surface area contributed by atoms with Crippen LogP contribution in [0, 0.1) is 0 Å². The van der Waals surface area contributed by atoms with E-state index in [-0.39, 0.29) is 12.1 Å². The summed E-state index contributed by atoms with van der Waals surface area (Å²) in [5, 5.41) is 2.85. The van der Waals surface area contributed by atoms with E-state index in [1.165, 1.54) is 0 Å². The fourth-order valence-electron chi connectivity index (χ4n) is 1.42. The lowest BCUT2D eigenvalue weighted by molar-refractivity contribution is 0.0949. The van der Waals surface area contributed by atoms with Crippen molar-refractivity contribution in [2.24, 2.45) is 0 Å². The molecule has 1 N–H and O–H groups in total. The number of alkyl carbamates (subject to hydrolysis) is 1. The van der Waals surface area contributed by atoms with E-state index >= 15 is 0 Å². The Balaban J connectivity index is 2.09. The largest absolute Gasteiger partial charge is 0.447 e. The number of amides is 1. The number of rotatable bonds is 4. The van der Waals surface area contributed by atoms with Gasteiger partial charge >= 0.3 is 6.09 Å². The Labute approximate surface area is 104 Å². The SMILES string of the molecule is COCCOC(=O)NC1CCN(I)CC1. The molecule has 15 heavy (non-hydrogen) atoms. The zero-order chi connectivity index (χ0) is 11.1. The van der Waals surface area contributed by atoms with E-state index < -0.39 is 0 Å². The minimum Gasteiger partial charge on any atom is -0.447 e. The average molecular weight is 328 g/mol. The Kier molecular flexibility index (Phi) is 6.26. The Morgan fingerprint density at radius 3 is 2.73 bits per heavy atom. The number of hydrogen-bond acceptors (Lipinski definition) is 4. The van der Waals surface area contributed by atoms with Crippen LogP contribution in [0.4, 0.5) is 4.79 Å². The molecule has 0 atom stereocenters. The molecule has 0 bridgehead atoms. The topological polar surface area (TPSA) is 50.8 Å². The van der Waals surface area contributed by atoms with Gasteiger partial charge in [-0.3, -0.25) is 0 Å². The van der Waals surface area contributed by atoms with Crippen molar-refractivity contribution in [2.45, 2.75) is 18.9 Å². The molecule has 0 aromatic rings. The molecule has 0 radical (unpaired) electrons. The monoisotopic (exact) mass is 328 g/mol. The normalized spacial score (nSPS) is 18.8. The van der Waals surface area contributed by atoms with Gasteiger partial charge in [0, 0.05) is 49.1 Å². The minimum absolute atomic E-state index is 0.256. The number of halogens is 1. The third kappa shape index (κ3) is 5.53. The number of carbonyl (C=O) groups is 1. The third-order valence-corrected chi connectivity index (χ3v) is 3.25. The second kappa shape index (κ2) is 7.24. The van der Waals surface area contributed by atoms with Crippen molar-refractivity contribution in [3.63, 3.8) is 0 Å². The highest BCUT2D eigenvalue weighted by Crippen LogP contribution is 2.13. The average Bonchev–Trinajstić information content (AvgIpc) is 2.22. The van der Waals surface area contributed by atoms with Gasteiger partial charge in [-0.2, -0.15) is 0 Å². The first kappa shape index (κ1) is 13.0. The van der Waals surface area contributed by atoms with Crippen LogP contribution in [0.3, 0.4) is 0 Å². The lowest BCUT2D eigenvalue weighted by Gasteiger charge is -2.27. The summed E-state index contributed by atoms with van der Waals surface area (Å²) in [5.74, 6) is 0. The maximum absolute atomic E-state index is 11.3. The molecule has 5 nitrogen and oxygen atoms in total. The predicted molar refractivity (Wildman–Crippen MR) is 65.0 cm³/mol. The quantitative estimate of drug-likeness (QED) is 0.478. The van der Waals surface area contributed by atoms with Crippen molar-refractivity contribution in [3.8, 4) is 0 Å². The molecule has 0 unspecified atom stereocenters. The molecule has 0 aliphatic carbocycles. The number of methoxy groups -OCH3 is 1. The molecule has 1 heterocycles. The molecule has 0 saturated carbocycles. The van der Waals surface area contributed by atoms with Crippen LogP contribution in [0.15, 0.2) is 0 Å². The highest BCUT2D eigenvalue weighted by molar-refractivity contribution is 14.1. The van der Waals surface area contributed by atoms with E-state index in [4.69, 9.17) is 9.47 Å². The van der Waals surface area contributed by atoms with Crippen LogP contribution in [0.5, 0.6) is 0 Å². The molecule has 1 saturated heterocycles. The number of nitrogens with one attached hydrogen (secondary N) is 1. The summed E-state index contributed by atoms with van der Waals surface area (Å²) in [4.78, 5) is 11.3. The van der Waals surface area contributed by atoms with Crippen LogP contribution >= 0.6 is 22.9 Å². The Bertz CT molecular complexity index is 196. The summed E-state index contributed by atoms with van der Waals surface area (Å²) in [5.41, 5.74) is 0. The van der Waals surface area contributed by atoms with E-state index in [0.717, 1.165) is 25.9 Å². The minimum atomic E-state index is -0.334. The lowest BCUT2D eigenvalue weighted by Crippen LogP contribution is -2.42. The number of nitrogens with zero attached hydrogens (tertiary/aromatic N) is 1. The van der Waals surface area contributed by atoms with Gasteiger partial charge in [-0.25, -0.2) is 7.91 Å². The molecule has 6 heteroatoms.